The molecular weight excluding hydrogens is 508 g/mol. The lowest BCUT2D eigenvalue weighted by Crippen LogP contribution is -2.31. The second kappa shape index (κ2) is 11.2. The first-order valence-corrected chi connectivity index (χ1v) is 13.6. The first-order valence-electron chi connectivity index (χ1n) is 12.7. The summed E-state index contributed by atoms with van der Waals surface area (Å²) in [5, 5.41) is 14.6. The summed E-state index contributed by atoms with van der Waals surface area (Å²) in [5.74, 6) is 0.935. The molecule has 2 heterocycles. The molecule has 0 fully saturated rings. The number of aromatic nitrogens is 3. The number of benzene rings is 3. The zero-order valence-corrected chi connectivity index (χ0v) is 23.1. The van der Waals surface area contributed by atoms with Crippen LogP contribution in [0.3, 0.4) is 0 Å². The maximum atomic E-state index is 13.8. The Balaban J connectivity index is 1.50. The van der Waals surface area contributed by atoms with Crippen molar-refractivity contribution >= 4 is 40.9 Å². The first kappa shape index (κ1) is 26.2. The van der Waals surface area contributed by atoms with Gasteiger partial charge in [0.1, 0.15) is 6.04 Å². The molecule has 1 aliphatic heterocycles. The molecule has 198 valence electrons. The van der Waals surface area contributed by atoms with Crippen LogP contribution >= 0.6 is 11.8 Å². The smallest absolute Gasteiger partial charge is 0.255 e. The number of nitrogens with one attached hydrogen (secondary N) is 3. The molecule has 3 N–H and O–H groups in total. The number of aryl methyl sites for hydroxylation is 2. The average Bonchev–Trinajstić information content (AvgIpc) is 3.31. The molecule has 4 aromatic rings. The van der Waals surface area contributed by atoms with E-state index >= 15 is 0 Å². The van der Waals surface area contributed by atoms with E-state index in [4.69, 9.17) is 10.1 Å². The molecule has 0 bridgehead atoms. The van der Waals surface area contributed by atoms with Crippen LogP contribution in [-0.2, 0) is 15.3 Å². The lowest BCUT2D eigenvalue weighted by Gasteiger charge is -2.29. The van der Waals surface area contributed by atoms with Gasteiger partial charge in [0.05, 0.1) is 5.57 Å². The zero-order chi connectivity index (χ0) is 27.5. The quantitative estimate of drug-likeness (QED) is 0.247. The predicted octanol–water partition coefficient (Wildman–Crippen LogP) is 6.07. The Labute approximate surface area is 231 Å². The third-order valence-corrected chi connectivity index (χ3v) is 7.37. The van der Waals surface area contributed by atoms with Crippen LogP contribution in [0.4, 0.5) is 17.3 Å². The zero-order valence-electron chi connectivity index (χ0n) is 22.3. The van der Waals surface area contributed by atoms with Gasteiger partial charge in [-0.15, -0.1) is 5.10 Å². The minimum absolute atomic E-state index is 0.146. The molecule has 1 aromatic heterocycles. The van der Waals surface area contributed by atoms with Gasteiger partial charge in [-0.05, 0) is 55.7 Å². The lowest BCUT2D eigenvalue weighted by molar-refractivity contribution is -0.114. The third-order valence-electron chi connectivity index (χ3n) is 6.47. The highest BCUT2D eigenvalue weighted by molar-refractivity contribution is 7.98. The molecule has 1 atom stereocenters. The average molecular weight is 539 g/mol. The Kier molecular flexibility index (Phi) is 7.51. The van der Waals surface area contributed by atoms with Crippen molar-refractivity contribution in [1.29, 1.82) is 0 Å². The van der Waals surface area contributed by atoms with Crippen molar-refractivity contribution < 1.29 is 9.59 Å². The van der Waals surface area contributed by atoms with Crippen molar-refractivity contribution in [2.45, 2.75) is 44.6 Å². The second-order valence-corrected chi connectivity index (χ2v) is 10.5. The van der Waals surface area contributed by atoms with Crippen LogP contribution in [0.25, 0.3) is 0 Å². The molecule has 9 heteroatoms. The van der Waals surface area contributed by atoms with E-state index in [1.54, 1.807) is 16.4 Å². The second-order valence-electron chi connectivity index (χ2n) is 9.58. The molecule has 0 aliphatic carbocycles. The van der Waals surface area contributed by atoms with Gasteiger partial charge in [-0.25, -0.2) is 4.68 Å². The largest absolute Gasteiger partial charge is 0.328 e. The molecule has 0 radical (unpaired) electrons. The molecule has 39 heavy (non-hydrogen) atoms. The van der Waals surface area contributed by atoms with Crippen LogP contribution < -0.4 is 16.0 Å². The standard InChI is InChI=1S/C30H30N6O2S/c1-18-10-15-25(19(2)16-18)33-28(38)26-20(3)31-29-34-30(39-17-22-8-6-5-7-9-22)35-36(29)27(26)23-11-13-24(14-12-23)32-21(4)37/h5-16,27H,17H2,1-4H3,(H,32,37)(H,33,38)(H,31,34,35). The van der Waals surface area contributed by atoms with Crippen molar-refractivity contribution in [2.24, 2.45) is 0 Å². The van der Waals surface area contributed by atoms with Gasteiger partial charge in [-0.2, -0.15) is 4.98 Å². The highest BCUT2D eigenvalue weighted by Crippen LogP contribution is 2.37. The molecule has 0 saturated carbocycles. The van der Waals surface area contributed by atoms with Crippen molar-refractivity contribution in [3.05, 3.63) is 106 Å². The van der Waals surface area contributed by atoms with Crippen molar-refractivity contribution in [1.82, 2.24) is 14.8 Å². The Bertz CT molecular complexity index is 1560. The minimum Gasteiger partial charge on any atom is -0.328 e. The fourth-order valence-electron chi connectivity index (χ4n) is 4.61. The van der Waals surface area contributed by atoms with Gasteiger partial charge in [0.25, 0.3) is 5.91 Å². The maximum absolute atomic E-state index is 13.8. The van der Waals surface area contributed by atoms with E-state index in [1.165, 1.54) is 12.5 Å². The van der Waals surface area contributed by atoms with Crippen LogP contribution in [0.15, 0.2) is 89.2 Å². The number of carbonyl (C=O) groups excluding carboxylic acids is 2. The van der Waals surface area contributed by atoms with Crippen LogP contribution in [0.2, 0.25) is 0 Å². The number of nitrogens with zero attached hydrogens (tertiary/aromatic N) is 3. The molecule has 5 rings (SSSR count). The Hall–Kier alpha value is -4.37. The normalized spacial score (nSPS) is 14.4. The third kappa shape index (κ3) is 5.88. The predicted molar refractivity (Wildman–Crippen MR) is 156 cm³/mol. The van der Waals surface area contributed by atoms with E-state index in [2.05, 4.69) is 28.1 Å². The lowest BCUT2D eigenvalue weighted by atomic mass is 9.94. The number of hydrogen-bond acceptors (Lipinski definition) is 6. The number of rotatable bonds is 7. The van der Waals surface area contributed by atoms with Crippen LogP contribution in [-0.4, -0.2) is 26.6 Å². The number of hydrogen-bond donors (Lipinski definition) is 3. The summed E-state index contributed by atoms with van der Waals surface area (Å²) in [6, 6.07) is 23.0. The Morgan fingerprint density at radius 3 is 2.41 bits per heavy atom. The summed E-state index contributed by atoms with van der Waals surface area (Å²) < 4.78 is 1.77. The van der Waals surface area contributed by atoms with Gasteiger partial charge >= 0.3 is 0 Å². The van der Waals surface area contributed by atoms with Crippen molar-refractivity contribution in [2.75, 3.05) is 16.0 Å². The van der Waals surface area contributed by atoms with E-state index < -0.39 is 6.04 Å². The summed E-state index contributed by atoms with van der Waals surface area (Å²) >= 11 is 1.54. The highest BCUT2D eigenvalue weighted by atomic mass is 32.2. The van der Waals surface area contributed by atoms with Gasteiger partial charge in [-0.1, -0.05) is 71.9 Å². The monoisotopic (exact) mass is 538 g/mol. The topological polar surface area (TPSA) is 101 Å². The van der Waals surface area contributed by atoms with Gasteiger partial charge in [0.2, 0.25) is 17.0 Å². The van der Waals surface area contributed by atoms with E-state index in [0.29, 0.717) is 28.1 Å². The van der Waals surface area contributed by atoms with Crippen LogP contribution in [0.5, 0.6) is 0 Å². The van der Waals surface area contributed by atoms with E-state index in [0.717, 1.165) is 28.1 Å². The summed E-state index contributed by atoms with van der Waals surface area (Å²) in [5.41, 5.74) is 6.83. The minimum atomic E-state index is -0.517. The van der Waals surface area contributed by atoms with Crippen molar-refractivity contribution in [3.8, 4) is 0 Å². The fraction of sp³-hybridized carbons (Fsp3) is 0.200. The van der Waals surface area contributed by atoms with E-state index in [-0.39, 0.29) is 11.8 Å². The molecule has 1 aliphatic rings. The number of anilines is 3. The molecular formula is C30H30N6O2S. The summed E-state index contributed by atoms with van der Waals surface area (Å²) in [4.78, 5) is 30.1. The first-order chi connectivity index (χ1) is 18.8. The molecule has 3 aromatic carbocycles. The van der Waals surface area contributed by atoms with E-state index in [1.807, 2.05) is 81.4 Å². The van der Waals surface area contributed by atoms with Gasteiger partial charge < -0.3 is 16.0 Å². The number of thioether (sulfide) groups is 1. The SMILES string of the molecule is CC(=O)Nc1ccc(C2C(C(=O)Nc3ccc(C)cc3C)=C(C)Nc3nc(SCc4ccccc4)nn32)cc1. The van der Waals surface area contributed by atoms with Crippen LogP contribution in [0.1, 0.15) is 42.1 Å². The Morgan fingerprint density at radius 2 is 1.72 bits per heavy atom. The molecule has 1 unspecified atom stereocenters. The summed E-state index contributed by atoms with van der Waals surface area (Å²) in [6.07, 6.45) is 0. The maximum Gasteiger partial charge on any atom is 0.255 e. The Morgan fingerprint density at radius 1 is 0.974 bits per heavy atom. The fourth-order valence-corrected chi connectivity index (χ4v) is 5.40. The van der Waals surface area contributed by atoms with Gasteiger partial charge in [0.15, 0.2) is 0 Å². The van der Waals surface area contributed by atoms with E-state index in [9.17, 15) is 9.59 Å². The number of amides is 2. The molecule has 8 nitrogen and oxygen atoms in total. The number of fused-ring (bicyclic) bond motifs is 1. The van der Waals surface area contributed by atoms with Gasteiger partial charge in [0, 0.05) is 29.7 Å². The number of carbonyl (C=O) groups is 2. The van der Waals surface area contributed by atoms with Crippen LogP contribution in [0, 0.1) is 13.8 Å². The van der Waals surface area contributed by atoms with Gasteiger partial charge in [-0.3, -0.25) is 9.59 Å². The highest BCUT2D eigenvalue weighted by Gasteiger charge is 2.34. The van der Waals surface area contributed by atoms with Crippen molar-refractivity contribution in [3.63, 3.8) is 0 Å². The summed E-state index contributed by atoms with van der Waals surface area (Å²) in [7, 11) is 0. The number of allylic oxidation sites excluding steroid dienone is 1. The molecule has 0 spiro atoms. The molecule has 0 saturated heterocycles. The summed E-state index contributed by atoms with van der Waals surface area (Å²) in [6.45, 7) is 7.35. The molecule has 2 amide bonds.